The molecule has 1 aromatic carbocycles. The van der Waals surface area contributed by atoms with Crippen molar-refractivity contribution in [3.05, 3.63) is 35.9 Å². The first-order valence-electron chi connectivity index (χ1n) is 9.90. The van der Waals surface area contributed by atoms with Crippen molar-refractivity contribution < 1.29 is 4.79 Å². The van der Waals surface area contributed by atoms with Crippen molar-refractivity contribution in [3.8, 4) is 0 Å². The van der Waals surface area contributed by atoms with Crippen LogP contribution in [0.25, 0.3) is 0 Å². The summed E-state index contributed by atoms with van der Waals surface area (Å²) in [6.07, 6.45) is 5.72. The minimum Gasteiger partial charge on any atom is -0.337 e. The molecule has 25 heavy (non-hydrogen) atoms. The van der Waals surface area contributed by atoms with E-state index in [9.17, 15) is 4.79 Å². The quantitative estimate of drug-likeness (QED) is 0.830. The smallest absolute Gasteiger partial charge is 0.315 e. The summed E-state index contributed by atoms with van der Waals surface area (Å²) in [5.41, 5.74) is 1.52. The van der Waals surface area contributed by atoms with E-state index >= 15 is 0 Å². The van der Waals surface area contributed by atoms with E-state index in [-0.39, 0.29) is 11.4 Å². The molecule has 1 saturated heterocycles. The van der Waals surface area contributed by atoms with Crippen molar-refractivity contribution in [2.45, 2.75) is 57.4 Å². The molecule has 2 fully saturated rings. The molecule has 1 aliphatic carbocycles. The minimum absolute atomic E-state index is 0.00418. The topological polar surface area (TPSA) is 44.4 Å². The summed E-state index contributed by atoms with van der Waals surface area (Å²) in [6, 6.07) is 11.0. The number of benzene rings is 1. The van der Waals surface area contributed by atoms with Crippen LogP contribution in [0.5, 0.6) is 0 Å². The molecule has 0 unspecified atom stereocenters. The van der Waals surface area contributed by atoms with Crippen LogP contribution in [-0.4, -0.2) is 43.2 Å². The molecular formula is C21H33N3O. The Morgan fingerprint density at radius 1 is 1.20 bits per heavy atom. The van der Waals surface area contributed by atoms with Gasteiger partial charge in [-0.15, -0.1) is 0 Å². The van der Waals surface area contributed by atoms with Crippen LogP contribution in [0.2, 0.25) is 0 Å². The molecule has 4 nitrogen and oxygen atoms in total. The summed E-state index contributed by atoms with van der Waals surface area (Å²) in [5.74, 6) is 0.712. The Morgan fingerprint density at radius 3 is 2.44 bits per heavy atom. The molecule has 0 aromatic heterocycles. The molecule has 0 radical (unpaired) electrons. The van der Waals surface area contributed by atoms with Gasteiger partial charge in [-0.25, -0.2) is 4.79 Å². The predicted molar refractivity (Wildman–Crippen MR) is 103 cm³/mol. The van der Waals surface area contributed by atoms with Crippen LogP contribution in [0.1, 0.15) is 51.5 Å². The van der Waals surface area contributed by atoms with E-state index in [1.54, 1.807) is 0 Å². The van der Waals surface area contributed by atoms with Gasteiger partial charge in [-0.05, 0) is 37.2 Å². The molecule has 2 amide bonds. The monoisotopic (exact) mass is 343 g/mol. The van der Waals surface area contributed by atoms with Gasteiger partial charge in [0.2, 0.25) is 0 Å². The van der Waals surface area contributed by atoms with Gasteiger partial charge in [0.05, 0.1) is 0 Å². The molecule has 0 bridgehead atoms. The third-order valence-electron chi connectivity index (χ3n) is 5.83. The predicted octanol–water partition coefficient (Wildman–Crippen LogP) is 3.53. The number of urea groups is 1. The first-order valence-corrected chi connectivity index (χ1v) is 9.90. The zero-order chi connectivity index (χ0) is 17.7. The molecule has 0 spiro atoms. The zero-order valence-electron chi connectivity index (χ0n) is 15.8. The normalized spacial score (nSPS) is 20.9. The number of nitrogens with zero attached hydrogens (tertiary/aromatic N) is 1. The van der Waals surface area contributed by atoms with Crippen LogP contribution >= 0.6 is 0 Å². The van der Waals surface area contributed by atoms with Crippen molar-refractivity contribution in [2.75, 3.05) is 26.2 Å². The fourth-order valence-electron chi connectivity index (χ4n) is 4.22. The molecule has 2 aliphatic rings. The Kier molecular flexibility index (Phi) is 6.00. The highest BCUT2D eigenvalue weighted by Gasteiger charge is 2.38. The molecule has 1 heterocycles. The van der Waals surface area contributed by atoms with Gasteiger partial charge in [0, 0.05) is 37.6 Å². The minimum atomic E-state index is 0.00418. The third-order valence-corrected chi connectivity index (χ3v) is 5.83. The highest BCUT2D eigenvalue weighted by Crippen LogP contribution is 2.43. The van der Waals surface area contributed by atoms with E-state index < -0.39 is 0 Å². The van der Waals surface area contributed by atoms with E-state index in [0.29, 0.717) is 12.0 Å². The van der Waals surface area contributed by atoms with Crippen LogP contribution in [0, 0.1) is 5.92 Å². The second-order valence-electron chi connectivity index (χ2n) is 8.30. The van der Waals surface area contributed by atoms with E-state index in [0.717, 1.165) is 32.5 Å². The molecule has 3 rings (SSSR count). The summed E-state index contributed by atoms with van der Waals surface area (Å²) in [7, 11) is 0. The van der Waals surface area contributed by atoms with Gasteiger partial charge in [-0.3, -0.25) is 0 Å². The Morgan fingerprint density at radius 2 is 1.88 bits per heavy atom. The Bertz CT molecular complexity index is 546. The highest BCUT2D eigenvalue weighted by atomic mass is 16.2. The number of amides is 2. The fraction of sp³-hybridized carbons (Fsp3) is 0.667. The molecule has 2 N–H and O–H groups in total. The Balaban J connectivity index is 1.43. The van der Waals surface area contributed by atoms with E-state index in [2.05, 4.69) is 59.7 Å². The molecule has 138 valence electrons. The van der Waals surface area contributed by atoms with E-state index in [1.165, 1.54) is 31.4 Å². The lowest BCUT2D eigenvalue weighted by Crippen LogP contribution is -2.52. The summed E-state index contributed by atoms with van der Waals surface area (Å²) >= 11 is 0. The highest BCUT2D eigenvalue weighted by molar-refractivity contribution is 5.74. The van der Waals surface area contributed by atoms with Crippen LogP contribution in [0.3, 0.4) is 0 Å². The van der Waals surface area contributed by atoms with Crippen molar-refractivity contribution >= 4 is 6.03 Å². The summed E-state index contributed by atoms with van der Waals surface area (Å²) < 4.78 is 0. The number of hydrogen-bond donors (Lipinski definition) is 2. The Hall–Kier alpha value is -1.55. The molecular weight excluding hydrogens is 310 g/mol. The number of carbonyl (C=O) groups excluding carboxylic acids is 1. The number of carbonyl (C=O) groups is 1. The average Bonchev–Trinajstić information content (AvgIpc) is 2.56. The standard InChI is InChI=1S/C21H33N3O/c1-17(2)15-24-13-9-19(10-14-24)23-20(25)22-16-21(11-6-12-21)18-7-4-3-5-8-18/h3-5,7-8,17,19H,6,9-16H2,1-2H3,(H2,22,23,25). The fourth-order valence-corrected chi connectivity index (χ4v) is 4.22. The van der Waals surface area contributed by atoms with Crippen molar-refractivity contribution in [2.24, 2.45) is 5.92 Å². The van der Waals surface area contributed by atoms with Crippen LogP contribution in [0.15, 0.2) is 30.3 Å². The van der Waals surface area contributed by atoms with Crippen LogP contribution < -0.4 is 10.6 Å². The van der Waals surface area contributed by atoms with Gasteiger partial charge in [0.15, 0.2) is 0 Å². The first kappa shape index (κ1) is 18.2. The lowest BCUT2D eigenvalue weighted by Gasteiger charge is -2.42. The third kappa shape index (κ3) is 4.75. The van der Waals surface area contributed by atoms with Gasteiger partial charge in [-0.2, -0.15) is 0 Å². The largest absolute Gasteiger partial charge is 0.337 e. The van der Waals surface area contributed by atoms with Crippen molar-refractivity contribution in [3.63, 3.8) is 0 Å². The number of rotatable bonds is 6. The number of nitrogens with one attached hydrogen (secondary N) is 2. The zero-order valence-corrected chi connectivity index (χ0v) is 15.8. The van der Waals surface area contributed by atoms with Gasteiger partial charge in [-0.1, -0.05) is 50.6 Å². The maximum absolute atomic E-state index is 12.4. The summed E-state index contributed by atoms with van der Waals surface area (Å²) in [5, 5.41) is 6.34. The van der Waals surface area contributed by atoms with Crippen LogP contribution in [0.4, 0.5) is 4.79 Å². The Labute approximate surface area is 152 Å². The number of likely N-dealkylation sites (tertiary alicyclic amines) is 1. The maximum atomic E-state index is 12.4. The SMILES string of the molecule is CC(C)CN1CCC(NC(=O)NCC2(c3ccccc3)CCC2)CC1. The maximum Gasteiger partial charge on any atom is 0.315 e. The van der Waals surface area contributed by atoms with Gasteiger partial charge in [0.1, 0.15) is 0 Å². The number of hydrogen-bond acceptors (Lipinski definition) is 2. The average molecular weight is 344 g/mol. The van der Waals surface area contributed by atoms with Gasteiger partial charge < -0.3 is 15.5 Å². The lowest BCUT2D eigenvalue weighted by molar-refractivity contribution is 0.175. The van der Waals surface area contributed by atoms with Crippen molar-refractivity contribution in [1.82, 2.24) is 15.5 Å². The second kappa shape index (κ2) is 8.22. The molecule has 1 aliphatic heterocycles. The second-order valence-corrected chi connectivity index (χ2v) is 8.30. The van der Waals surface area contributed by atoms with E-state index in [1.807, 2.05) is 0 Å². The summed E-state index contributed by atoms with van der Waals surface area (Å²) in [6.45, 7) is 8.63. The number of piperidine rings is 1. The molecule has 0 atom stereocenters. The van der Waals surface area contributed by atoms with Crippen molar-refractivity contribution in [1.29, 1.82) is 0 Å². The lowest BCUT2D eigenvalue weighted by atomic mass is 9.64. The first-order chi connectivity index (χ1) is 12.1. The van der Waals surface area contributed by atoms with Gasteiger partial charge in [0.25, 0.3) is 0 Å². The molecule has 4 heteroatoms. The van der Waals surface area contributed by atoms with Crippen LogP contribution in [-0.2, 0) is 5.41 Å². The molecule has 1 saturated carbocycles. The van der Waals surface area contributed by atoms with E-state index in [4.69, 9.17) is 0 Å². The molecule has 1 aromatic rings. The van der Waals surface area contributed by atoms with Gasteiger partial charge >= 0.3 is 6.03 Å². The summed E-state index contributed by atoms with van der Waals surface area (Å²) in [4.78, 5) is 14.9.